The van der Waals surface area contributed by atoms with E-state index in [1.54, 1.807) is 23.1 Å². The van der Waals surface area contributed by atoms with Crippen molar-refractivity contribution in [1.29, 1.82) is 0 Å². The molecule has 8 nitrogen and oxygen atoms in total. The molecule has 1 amide bonds. The summed E-state index contributed by atoms with van der Waals surface area (Å²) in [5.74, 6) is -0.0606. The standard InChI is InChI=1S/C15H21N5O3S/c1-12(9-20-11-17-10-18-20)19-15(21)8-5-13-3-6-14(7-4-13)24(22,23)16-2/h3-4,6-7,10-12,16H,5,8-9H2,1-2H3,(H,19,21). The lowest BCUT2D eigenvalue weighted by molar-refractivity contribution is -0.121. The molecule has 1 atom stereocenters. The van der Waals surface area contributed by atoms with Gasteiger partial charge in [-0.15, -0.1) is 0 Å². The van der Waals surface area contributed by atoms with Gasteiger partial charge < -0.3 is 5.32 Å². The summed E-state index contributed by atoms with van der Waals surface area (Å²) in [7, 11) is -2.06. The first-order valence-corrected chi connectivity index (χ1v) is 9.03. The predicted octanol–water partition coefficient (Wildman–Crippen LogP) is 0.324. The number of aromatic nitrogens is 3. The van der Waals surface area contributed by atoms with Crippen molar-refractivity contribution in [2.24, 2.45) is 0 Å². The lowest BCUT2D eigenvalue weighted by atomic mass is 10.1. The van der Waals surface area contributed by atoms with E-state index in [-0.39, 0.29) is 16.8 Å². The molecule has 2 rings (SSSR count). The van der Waals surface area contributed by atoms with E-state index in [0.717, 1.165) is 5.56 Å². The zero-order valence-corrected chi connectivity index (χ0v) is 14.5. The van der Waals surface area contributed by atoms with E-state index in [2.05, 4.69) is 20.1 Å². The summed E-state index contributed by atoms with van der Waals surface area (Å²) in [6, 6.07) is 6.45. The highest BCUT2D eigenvalue weighted by Crippen LogP contribution is 2.11. The minimum absolute atomic E-state index is 0.0534. The van der Waals surface area contributed by atoms with Gasteiger partial charge in [0.15, 0.2) is 0 Å². The van der Waals surface area contributed by atoms with E-state index >= 15 is 0 Å². The monoisotopic (exact) mass is 351 g/mol. The van der Waals surface area contributed by atoms with Crippen LogP contribution in [-0.2, 0) is 27.8 Å². The first-order valence-electron chi connectivity index (χ1n) is 7.55. The van der Waals surface area contributed by atoms with Gasteiger partial charge in [0.2, 0.25) is 15.9 Å². The quantitative estimate of drug-likeness (QED) is 0.713. The number of nitrogens with one attached hydrogen (secondary N) is 2. The van der Waals surface area contributed by atoms with Crippen LogP contribution in [0.25, 0.3) is 0 Å². The molecule has 2 aromatic rings. The fraction of sp³-hybridized carbons (Fsp3) is 0.400. The molecule has 0 fully saturated rings. The number of sulfonamides is 1. The van der Waals surface area contributed by atoms with Crippen LogP contribution in [0.3, 0.4) is 0 Å². The van der Waals surface area contributed by atoms with Crippen LogP contribution < -0.4 is 10.0 Å². The second kappa shape index (κ2) is 8.02. The van der Waals surface area contributed by atoms with Crippen molar-refractivity contribution < 1.29 is 13.2 Å². The van der Waals surface area contributed by atoms with Crippen molar-refractivity contribution in [2.75, 3.05) is 7.05 Å². The van der Waals surface area contributed by atoms with Gasteiger partial charge in [-0.25, -0.2) is 18.1 Å². The molecule has 0 aliphatic rings. The summed E-state index contributed by atoms with van der Waals surface area (Å²) >= 11 is 0. The van der Waals surface area contributed by atoms with Gasteiger partial charge in [-0.05, 0) is 38.1 Å². The Balaban J connectivity index is 1.81. The molecule has 0 aliphatic carbocycles. The molecule has 0 bridgehead atoms. The van der Waals surface area contributed by atoms with Crippen LogP contribution in [-0.4, -0.2) is 42.2 Å². The highest BCUT2D eigenvalue weighted by Gasteiger charge is 2.11. The van der Waals surface area contributed by atoms with Gasteiger partial charge in [0, 0.05) is 12.5 Å². The molecule has 2 N–H and O–H groups in total. The Labute approximate surface area is 141 Å². The van der Waals surface area contributed by atoms with Crippen LogP contribution in [0, 0.1) is 0 Å². The lowest BCUT2D eigenvalue weighted by Crippen LogP contribution is -2.35. The average Bonchev–Trinajstić information content (AvgIpc) is 3.06. The van der Waals surface area contributed by atoms with Crippen LogP contribution in [0.2, 0.25) is 0 Å². The van der Waals surface area contributed by atoms with Gasteiger partial charge in [0.1, 0.15) is 12.7 Å². The van der Waals surface area contributed by atoms with E-state index < -0.39 is 10.0 Å². The molecular weight excluding hydrogens is 330 g/mol. The van der Waals surface area contributed by atoms with Gasteiger partial charge in [0.25, 0.3) is 0 Å². The van der Waals surface area contributed by atoms with Crippen molar-refractivity contribution in [2.45, 2.75) is 37.2 Å². The van der Waals surface area contributed by atoms with Crippen LogP contribution in [0.4, 0.5) is 0 Å². The van der Waals surface area contributed by atoms with Crippen LogP contribution in [0.1, 0.15) is 18.9 Å². The fourth-order valence-corrected chi connectivity index (χ4v) is 2.94. The van der Waals surface area contributed by atoms with Crippen molar-refractivity contribution in [3.8, 4) is 0 Å². The normalized spacial score (nSPS) is 12.8. The Hall–Kier alpha value is -2.26. The van der Waals surface area contributed by atoms with E-state index in [0.29, 0.717) is 19.4 Å². The molecule has 0 aliphatic heterocycles. The number of amides is 1. The molecular formula is C15H21N5O3S. The third-order valence-corrected chi connectivity index (χ3v) is 4.91. The minimum Gasteiger partial charge on any atom is -0.352 e. The number of hydrogen-bond acceptors (Lipinski definition) is 5. The van der Waals surface area contributed by atoms with Crippen LogP contribution in [0.5, 0.6) is 0 Å². The average molecular weight is 351 g/mol. The topological polar surface area (TPSA) is 106 Å². The molecule has 0 radical (unpaired) electrons. The summed E-state index contributed by atoms with van der Waals surface area (Å²) in [6.07, 6.45) is 3.93. The summed E-state index contributed by atoms with van der Waals surface area (Å²) in [5.41, 5.74) is 0.907. The summed E-state index contributed by atoms with van der Waals surface area (Å²) < 4.78 is 27.2. The first kappa shape index (κ1) is 18.1. The molecule has 1 unspecified atom stereocenters. The fourth-order valence-electron chi connectivity index (χ4n) is 2.21. The Bertz CT molecular complexity index is 757. The number of rotatable bonds is 8. The Morgan fingerprint density at radius 2 is 2.00 bits per heavy atom. The predicted molar refractivity (Wildman–Crippen MR) is 88.6 cm³/mol. The van der Waals surface area contributed by atoms with Crippen molar-refractivity contribution in [3.05, 3.63) is 42.5 Å². The zero-order chi connectivity index (χ0) is 17.6. The third-order valence-electron chi connectivity index (χ3n) is 3.48. The molecule has 130 valence electrons. The Morgan fingerprint density at radius 3 is 2.58 bits per heavy atom. The second-order valence-electron chi connectivity index (χ2n) is 5.44. The molecule has 1 aromatic heterocycles. The van der Waals surface area contributed by atoms with Crippen molar-refractivity contribution in [1.82, 2.24) is 24.8 Å². The zero-order valence-electron chi connectivity index (χ0n) is 13.6. The third kappa shape index (κ3) is 5.14. The maximum Gasteiger partial charge on any atom is 0.240 e. The highest BCUT2D eigenvalue weighted by molar-refractivity contribution is 7.89. The van der Waals surface area contributed by atoms with Crippen molar-refractivity contribution in [3.63, 3.8) is 0 Å². The second-order valence-corrected chi connectivity index (χ2v) is 7.32. The first-order chi connectivity index (χ1) is 11.4. The number of aryl methyl sites for hydroxylation is 1. The number of carbonyl (C=O) groups is 1. The van der Waals surface area contributed by atoms with E-state index in [1.165, 1.54) is 25.5 Å². The maximum absolute atomic E-state index is 12.0. The number of benzene rings is 1. The number of carbonyl (C=O) groups excluding carboxylic acids is 1. The van der Waals surface area contributed by atoms with Gasteiger partial charge in [-0.2, -0.15) is 5.10 Å². The SMILES string of the molecule is CNS(=O)(=O)c1ccc(CCC(=O)NC(C)Cn2cncn2)cc1. The highest BCUT2D eigenvalue weighted by atomic mass is 32.2. The Morgan fingerprint density at radius 1 is 1.29 bits per heavy atom. The van der Waals surface area contributed by atoms with Gasteiger partial charge in [-0.3, -0.25) is 9.48 Å². The van der Waals surface area contributed by atoms with Gasteiger partial charge in [-0.1, -0.05) is 12.1 Å². The molecule has 24 heavy (non-hydrogen) atoms. The minimum atomic E-state index is -3.43. The smallest absolute Gasteiger partial charge is 0.240 e. The largest absolute Gasteiger partial charge is 0.352 e. The van der Waals surface area contributed by atoms with Gasteiger partial charge in [0.05, 0.1) is 11.4 Å². The van der Waals surface area contributed by atoms with Crippen molar-refractivity contribution >= 4 is 15.9 Å². The molecule has 1 aromatic carbocycles. The number of hydrogen-bond donors (Lipinski definition) is 2. The molecule has 0 spiro atoms. The Kier molecular flexibility index (Phi) is 6.04. The molecule has 1 heterocycles. The van der Waals surface area contributed by atoms with E-state index in [1.807, 2.05) is 6.92 Å². The lowest BCUT2D eigenvalue weighted by Gasteiger charge is -2.13. The summed E-state index contributed by atoms with van der Waals surface area (Å²) in [5, 5.41) is 6.89. The van der Waals surface area contributed by atoms with Crippen LogP contribution >= 0.6 is 0 Å². The van der Waals surface area contributed by atoms with E-state index in [4.69, 9.17) is 0 Å². The van der Waals surface area contributed by atoms with E-state index in [9.17, 15) is 13.2 Å². The summed E-state index contributed by atoms with van der Waals surface area (Å²) in [4.78, 5) is 16.0. The molecule has 0 saturated heterocycles. The summed E-state index contributed by atoms with van der Waals surface area (Å²) in [6.45, 7) is 2.46. The molecule has 0 saturated carbocycles. The van der Waals surface area contributed by atoms with Gasteiger partial charge >= 0.3 is 0 Å². The maximum atomic E-state index is 12.0. The number of nitrogens with zero attached hydrogens (tertiary/aromatic N) is 3. The van der Waals surface area contributed by atoms with Crippen LogP contribution in [0.15, 0.2) is 41.8 Å². The molecule has 9 heteroatoms.